The highest BCUT2D eigenvalue weighted by Crippen LogP contribution is 2.34. The summed E-state index contributed by atoms with van der Waals surface area (Å²) in [7, 11) is -1.59. The summed E-state index contributed by atoms with van der Waals surface area (Å²) in [6, 6.07) is 21.6. The molecule has 1 nitrogen and oxygen atoms in total. The Morgan fingerprint density at radius 3 is 2.29 bits per heavy atom. The van der Waals surface area contributed by atoms with Crippen LogP contribution in [-0.4, -0.2) is 13.1 Å². The van der Waals surface area contributed by atoms with E-state index in [1.54, 1.807) is 0 Å². The molecule has 3 aromatic rings. The summed E-state index contributed by atoms with van der Waals surface area (Å²) in [5.41, 5.74) is 5.07. The van der Waals surface area contributed by atoms with Crippen molar-refractivity contribution in [3.8, 4) is 22.4 Å². The zero-order valence-corrected chi connectivity index (χ0v) is 13.3. The average molecular weight is 287 g/mol. The molecule has 0 fully saturated rings. The van der Waals surface area contributed by atoms with Gasteiger partial charge in [-0.2, -0.15) is 0 Å². The first-order chi connectivity index (χ1) is 10.2. The molecule has 102 valence electrons. The molecule has 1 aromatic heterocycles. The van der Waals surface area contributed by atoms with Gasteiger partial charge in [-0.3, -0.25) is 4.98 Å². The van der Waals surface area contributed by atoms with Gasteiger partial charge in [0.2, 0.25) is 0 Å². The summed E-state index contributed by atoms with van der Waals surface area (Å²) in [6.07, 6.45) is 1.97. The van der Waals surface area contributed by atoms with E-state index in [-0.39, 0.29) is 0 Å². The Morgan fingerprint density at radius 1 is 0.762 bits per heavy atom. The fourth-order valence-corrected chi connectivity index (χ4v) is 6.52. The van der Waals surface area contributed by atoms with Crippen LogP contribution in [0.1, 0.15) is 0 Å². The maximum Gasteiger partial charge on any atom is 0.114 e. The molecule has 0 unspecified atom stereocenters. The molecule has 0 radical (unpaired) electrons. The molecule has 0 N–H and O–H groups in total. The number of nitrogens with zero attached hydrogens (tertiary/aromatic N) is 1. The van der Waals surface area contributed by atoms with Crippen molar-refractivity contribution < 1.29 is 0 Å². The fourth-order valence-electron chi connectivity index (χ4n) is 3.46. The Morgan fingerprint density at radius 2 is 1.48 bits per heavy atom. The minimum absolute atomic E-state index is 1.12. The summed E-state index contributed by atoms with van der Waals surface area (Å²) in [6.45, 7) is 4.87. The van der Waals surface area contributed by atoms with Gasteiger partial charge in [-0.15, -0.1) is 0 Å². The maximum atomic E-state index is 4.71. The van der Waals surface area contributed by atoms with E-state index in [9.17, 15) is 0 Å². The second kappa shape index (κ2) is 4.40. The number of fused-ring (bicyclic) bond motifs is 3. The van der Waals surface area contributed by atoms with Crippen LogP contribution in [0.4, 0.5) is 0 Å². The minimum Gasteiger partial charge on any atom is -0.256 e. The van der Waals surface area contributed by atoms with Gasteiger partial charge in [0.05, 0.1) is 5.69 Å². The predicted molar refractivity (Wildman–Crippen MR) is 91.9 cm³/mol. The van der Waals surface area contributed by atoms with E-state index < -0.39 is 8.07 Å². The molecular formula is C19H17NSi. The van der Waals surface area contributed by atoms with Crippen LogP contribution < -0.4 is 10.4 Å². The van der Waals surface area contributed by atoms with E-state index in [0.29, 0.717) is 0 Å². The molecule has 2 heterocycles. The summed E-state index contributed by atoms with van der Waals surface area (Å²) in [5.74, 6) is 0. The highest BCUT2D eigenvalue weighted by molar-refractivity contribution is 7.03. The van der Waals surface area contributed by atoms with Crippen molar-refractivity contribution in [2.45, 2.75) is 13.1 Å². The zero-order valence-electron chi connectivity index (χ0n) is 12.3. The van der Waals surface area contributed by atoms with Gasteiger partial charge < -0.3 is 0 Å². The van der Waals surface area contributed by atoms with E-state index in [2.05, 4.69) is 73.8 Å². The number of hydrogen-bond acceptors (Lipinski definition) is 1. The van der Waals surface area contributed by atoms with Crippen LogP contribution in [0.3, 0.4) is 0 Å². The van der Waals surface area contributed by atoms with Crippen LogP contribution >= 0.6 is 0 Å². The molecule has 21 heavy (non-hydrogen) atoms. The van der Waals surface area contributed by atoms with Crippen molar-refractivity contribution in [2.75, 3.05) is 0 Å². The van der Waals surface area contributed by atoms with Crippen molar-refractivity contribution >= 4 is 18.4 Å². The minimum atomic E-state index is -1.59. The van der Waals surface area contributed by atoms with Gasteiger partial charge in [-0.05, 0) is 22.0 Å². The lowest BCUT2D eigenvalue weighted by Crippen LogP contribution is -2.49. The van der Waals surface area contributed by atoms with Crippen LogP contribution in [-0.2, 0) is 0 Å². The molecule has 4 rings (SSSR count). The first kappa shape index (κ1) is 12.5. The second-order valence-electron chi connectivity index (χ2n) is 6.12. The number of aromatic nitrogens is 1. The van der Waals surface area contributed by atoms with E-state index in [1.165, 1.54) is 27.1 Å². The number of rotatable bonds is 1. The number of benzene rings is 2. The van der Waals surface area contributed by atoms with Crippen LogP contribution in [0, 0.1) is 0 Å². The zero-order chi connectivity index (χ0) is 14.4. The van der Waals surface area contributed by atoms with Crippen LogP contribution in [0.15, 0.2) is 66.9 Å². The lowest BCUT2D eigenvalue weighted by atomic mass is 10.00. The van der Waals surface area contributed by atoms with Crippen molar-refractivity contribution in [1.82, 2.24) is 4.98 Å². The lowest BCUT2D eigenvalue weighted by molar-refractivity contribution is 1.34. The molecule has 2 aromatic carbocycles. The number of pyridine rings is 1. The van der Waals surface area contributed by atoms with E-state index in [4.69, 9.17) is 4.98 Å². The average Bonchev–Trinajstić information content (AvgIpc) is 2.77. The monoisotopic (exact) mass is 287 g/mol. The van der Waals surface area contributed by atoms with E-state index >= 15 is 0 Å². The van der Waals surface area contributed by atoms with E-state index in [1.807, 2.05) is 6.20 Å². The van der Waals surface area contributed by atoms with Crippen molar-refractivity contribution in [3.05, 3.63) is 66.9 Å². The summed E-state index contributed by atoms with van der Waals surface area (Å²) < 4.78 is 0. The molecule has 0 saturated carbocycles. The van der Waals surface area contributed by atoms with Gasteiger partial charge in [0, 0.05) is 17.3 Å². The molecule has 0 atom stereocenters. The maximum absolute atomic E-state index is 4.71. The van der Waals surface area contributed by atoms with Gasteiger partial charge in [-0.1, -0.05) is 67.7 Å². The Balaban J connectivity index is 2.08. The van der Waals surface area contributed by atoms with Crippen molar-refractivity contribution in [3.63, 3.8) is 0 Å². The summed E-state index contributed by atoms with van der Waals surface area (Å²) >= 11 is 0. The Hall–Kier alpha value is -2.19. The largest absolute Gasteiger partial charge is 0.256 e. The third-order valence-electron chi connectivity index (χ3n) is 4.54. The first-order valence-corrected chi connectivity index (χ1v) is 10.3. The summed E-state index contributed by atoms with van der Waals surface area (Å²) in [4.78, 5) is 4.71. The molecule has 2 heteroatoms. The SMILES string of the molecule is C[Si]1(C)c2ccccc2-c2c1ccnc2-c1ccccc1. The van der Waals surface area contributed by atoms with Gasteiger partial charge in [-0.25, -0.2) is 0 Å². The van der Waals surface area contributed by atoms with Crippen molar-refractivity contribution in [2.24, 2.45) is 0 Å². The highest BCUT2D eigenvalue weighted by atomic mass is 28.3. The summed E-state index contributed by atoms with van der Waals surface area (Å²) in [5, 5.41) is 3.04. The Bertz CT molecular complexity index is 822. The number of hydrogen-bond donors (Lipinski definition) is 0. The molecule has 1 aliphatic heterocycles. The molecule has 0 bridgehead atoms. The third-order valence-corrected chi connectivity index (χ3v) is 8.09. The van der Waals surface area contributed by atoms with E-state index in [0.717, 1.165) is 5.69 Å². The van der Waals surface area contributed by atoms with Gasteiger partial charge >= 0.3 is 0 Å². The lowest BCUT2D eigenvalue weighted by Gasteiger charge is -2.18. The topological polar surface area (TPSA) is 12.9 Å². The fraction of sp³-hybridized carbons (Fsp3) is 0.105. The molecule has 0 saturated heterocycles. The van der Waals surface area contributed by atoms with Gasteiger partial charge in [0.25, 0.3) is 0 Å². The van der Waals surface area contributed by atoms with Crippen LogP contribution in [0.2, 0.25) is 13.1 Å². The van der Waals surface area contributed by atoms with Crippen molar-refractivity contribution in [1.29, 1.82) is 0 Å². The van der Waals surface area contributed by atoms with Crippen LogP contribution in [0.25, 0.3) is 22.4 Å². The molecule has 1 aliphatic rings. The quantitative estimate of drug-likeness (QED) is 0.624. The van der Waals surface area contributed by atoms with Gasteiger partial charge in [0.1, 0.15) is 8.07 Å². The molecule has 0 spiro atoms. The second-order valence-corrected chi connectivity index (χ2v) is 10.4. The Labute approximate surface area is 126 Å². The standard InChI is InChI=1S/C19H17NSi/c1-21(2)16-11-7-6-10-15(16)18-17(21)12-13-20-19(18)14-8-4-3-5-9-14/h3-13H,1-2H3. The smallest absolute Gasteiger partial charge is 0.114 e. The predicted octanol–water partition coefficient (Wildman–Crippen LogP) is 3.55. The highest BCUT2D eigenvalue weighted by Gasteiger charge is 2.38. The molecule has 0 aliphatic carbocycles. The van der Waals surface area contributed by atoms with Gasteiger partial charge in [0.15, 0.2) is 0 Å². The Kier molecular flexibility index (Phi) is 2.63. The molecular weight excluding hydrogens is 270 g/mol. The molecule has 0 amide bonds. The van der Waals surface area contributed by atoms with Crippen LogP contribution in [0.5, 0.6) is 0 Å². The third kappa shape index (κ3) is 1.72. The normalized spacial score (nSPS) is 14.6. The first-order valence-electron chi connectivity index (χ1n) is 7.34.